The summed E-state index contributed by atoms with van der Waals surface area (Å²) in [6, 6.07) is 42.1. The van der Waals surface area contributed by atoms with Gasteiger partial charge < -0.3 is 23.8 Å². The van der Waals surface area contributed by atoms with Crippen molar-refractivity contribution in [2.24, 2.45) is 0 Å². The quantitative estimate of drug-likeness (QED) is 0.114. The Balaban J connectivity index is 1.50. The molecule has 260 valence electrons. The molecule has 0 aliphatic carbocycles. The Morgan fingerprint density at radius 1 is 0.451 bits per heavy atom. The molecule has 1 heterocycles. The van der Waals surface area contributed by atoms with Gasteiger partial charge in [0.25, 0.3) is 0 Å². The zero-order chi connectivity index (χ0) is 35.7. The minimum atomic E-state index is 0.516. The number of aromatic nitrogens is 1. The maximum atomic E-state index is 6.15. The normalized spacial score (nSPS) is 10.9. The molecule has 6 heteroatoms. The fraction of sp³-hybridized carbons (Fsp3) is 0.222. The molecule has 0 saturated heterocycles. The van der Waals surface area contributed by atoms with Crippen molar-refractivity contribution in [1.29, 1.82) is 0 Å². The molecule has 0 N–H and O–H groups in total. The van der Waals surface area contributed by atoms with Gasteiger partial charge in [0, 0.05) is 40.3 Å². The lowest BCUT2D eigenvalue weighted by atomic mass is 9.98. The van der Waals surface area contributed by atoms with E-state index in [1.54, 1.807) is 0 Å². The summed E-state index contributed by atoms with van der Waals surface area (Å²) in [4.78, 5) is 7.53. The van der Waals surface area contributed by atoms with Crippen LogP contribution in [0.2, 0.25) is 0 Å². The van der Waals surface area contributed by atoms with Crippen LogP contribution in [0.15, 0.2) is 121 Å². The van der Waals surface area contributed by atoms with Gasteiger partial charge in [-0.2, -0.15) is 0 Å². The monoisotopic (exact) mass is 678 g/mol. The Morgan fingerprint density at radius 2 is 0.922 bits per heavy atom. The Hall–Kier alpha value is -5.75. The van der Waals surface area contributed by atoms with Crippen LogP contribution in [-0.2, 0) is 0 Å². The maximum Gasteiger partial charge on any atom is 0.132 e. The molecule has 0 bridgehead atoms. The molecule has 0 aliphatic rings. The highest BCUT2D eigenvalue weighted by Crippen LogP contribution is 2.41. The molecule has 0 radical (unpaired) electrons. The lowest BCUT2D eigenvalue weighted by Crippen LogP contribution is -2.10. The van der Waals surface area contributed by atoms with Gasteiger partial charge in [-0.15, -0.1) is 0 Å². The summed E-state index contributed by atoms with van der Waals surface area (Å²) in [6.07, 6.45) is 0. The Kier molecular flexibility index (Phi) is 11.2. The van der Waals surface area contributed by atoms with Crippen LogP contribution in [0.4, 0.5) is 17.1 Å². The highest BCUT2D eigenvalue weighted by atomic mass is 16.5. The highest BCUT2D eigenvalue weighted by molar-refractivity contribution is 5.83. The molecule has 6 aromatic rings. The number of ether oxygens (including phenoxy) is 4. The summed E-state index contributed by atoms with van der Waals surface area (Å²) < 4.78 is 23.9. The van der Waals surface area contributed by atoms with E-state index in [-0.39, 0.29) is 0 Å². The molecule has 0 aliphatic heterocycles. The van der Waals surface area contributed by atoms with Gasteiger partial charge in [0.2, 0.25) is 0 Å². The average molecular weight is 679 g/mol. The molecule has 0 atom stereocenters. The summed E-state index contributed by atoms with van der Waals surface area (Å²) >= 11 is 0. The van der Waals surface area contributed by atoms with Crippen LogP contribution in [0.25, 0.3) is 33.6 Å². The van der Waals surface area contributed by atoms with E-state index < -0.39 is 0 Å². The third-order valence-corrected chi connectivity index (χ3v) is 8.48. The molecular weight excluding hydrogens is 633 g/mol. The number of anilines is 3. The smallest absolute Gasteiger partial charge is 0.132 e. The van der Waals surface area contributed by atoms with Crippen molar-refractivity contribution in [3.05, 3.63) is 132 Å². The van der Waals surface area contributed by atoms with Crippen molar-refractivity contribution in [1.82, 2.24) is 4.98 Å². The van der Waals surface area contributed by atoms with Gasteiger partial charge in [0.15, 0.2) is 0 Å². The summed E-state index contributed by atoms with van der Waals surface area (Å²) in [5, 5.41) is 0. The van der Waals surface area contributed by atoms with Crippen molar-refractivity contribution in [3.8, 4) is 56.6 Å². The Labute approximate surface area is 302 Å². The molecule has 0 unspecified atom stereocenters. The molecule has 0 saturated carbocycles. The highest BCUT2D eigenvalue weighted by Gasteiger charge is 2.18. The summed E-state index contributed by atoms with van der Waals surface area (Å²) in [6.45, 7) is 14.4. The van der Waals surface area contributed by atoms with Gasteiger partial charge in [0.05, 0.1) is 37.8 Å². The molecule has 0 amide bonds. The van der Waals surface area contributed by atoms with Gasteiger partial charge in [-0.3, -0.25) is 0 Å². The van der Waals surface area contributed by atoms with Gasteiger partial charge >= 0.3 is 0 Å². The fourth-order valence-corrected chi connectivity index (χ4v) is 6.25. The molecular formula is C45H46N2O4. The number of hydrogen-bond donors (Lipinski definition) is 0. The van der Waals surface area contributed by atoms with Crippen LogP contribution in [0.5, 0.6) is 23.0 Å². The van der Waals surface area contributed by atoms with E-state index in [0.29, 0.717) is 26.4 Å². The van der Waals surface area contributed by atoms with E-state index in [4.69, 9.17) is 23.9 Å². The molecule has 51 heavy (non-hydrogen) atoms. The molecule has 0 spiro atoms. The third-order valence-electron chi connectivity index (χ3n) is 8.48. The van der Waals surface area contributed by atoms with E-state index >= 15 is 0 Å². The minimum absolute atomic E-state index is 0.516. The Bertz CT molecular complexity index is 1970. The number of benzene rings is 5. The Morgan fingerprint density at radius 3 is 1.35 bits per heavy atom. The number of aryl methyl sites for hydroxylation is 2. The number of hydrogen-bond acceptors (Lipinski definition) is 6. The number of rotatable bonds is 14. The van der Waals surface area contributed by atoms with E-state index in [0.717, 1.165) is 73.7 Å². The second kappa shape index (κ2) is 16.3. The standard InChI is InChI=1S/C45H46N2O4/c1-7-48-38-21-23-40(44(29-38)50-9-3)42-27-34(28-43(46-42)41-24-22-39(49-8-2)30-45(41)51-10-4)33-17-19-35(20-18-33)47(36-15-11-13-31(5)25-36)37-16-12-14-32(6)26-37/h11-30H,7-10H2,1-6H3. The van der Waals surface area contributed by atoms with Crippen molar-refractivity contribution in [2.45, 2.75) is 41.5 Å². The fourth-order valence-electron chi connectivity index (χ4n) is 6.25. The second-order valence-corrected chi connectivity index (χ2v) is 12.2. The maximum absolute atomic E-state index is 6.15. The van der Waals surface area contributed by atoms with E-state index in [1.165, 1.54) is 11.1 Å². The van der Waals surface area contributed by atoms with E-state index in [1.807, 2.05) is 64.1 Å². The lowest BCUT2D eigenvalue weighted by Gasteiger charge is -2.26. The van der Waals surface area contributed by atoms with Crippen LogP contribution >= 0.6 is 0 Å². The first-order chi connectivity index (χ1) is 24.9. The largest absolute Gasteiger partial charge is 0.494 e. The zero-order valence-electron chi connectivity index (χ0n) is 30.4. The first-order valence-electron chi connectivity index (χ1n) is 17.8. The molecule has 6 rings (SSSR count). The van der Waals surface area contributed by atoms with Crippen molar-refractivity contribution in [2.75, 3.05) is 31.3 Å². The van der Waals surface area contributed by atoms with Crippen molar-refractivity contribution < 1.29 is 18.9 Å². The summed E-state index contributed by atoms with van der Waals surface area (Å²) in [5.74, 6) is 2.96. The first-order valence-corrected chi connectivity index (χ1v) is 17.8. The van der Waals surface area contributed by atoms with Gasteiger partial charge in [-0.25, -0.2) is 4.98 Å². The zero-order valence-corrected chi connectivity index (χ0v) is 30.4. The minimum Gasteiger partial charge on any atom is -0.494 e. The summed E-state index contributed by atoms with van der Waals surface area (Å²) in [7, 11) is 0. The lowest BCUT2D eigenvalue weighted by molar-refractivity contribution is 0.323. The summed E-state index contributed by atoms with van der Waals surface area (Å²) in [5.41, 5.74) is 11.1. The van der Waals surface area contributed by atoms with Gasteiger partial charge in [-0.1, -0.05) is 36.4 Å². The van der Waals surface area contributed by atoms with Crippen LogP contribution < -0.4 is 23.8 Å². The van der Waals surface area contributed by atoms with Crippen LogP contribution in [-0.4, -0.2) is 31.4 Å². The number of nitrogens with zero attached hydrogens (tertiary/aromatic N) is 2. The molecule has 0 fully saturated rings. The van der Waals surface area contributed by atoms with E-state index in [9.17, 15) is 0 Å². The predicted molar refractivity (Wildman–Crippen MR) is 209 cm³/mol. The molecule has 5 aromatic carbocycles. The third kappa shape index (κ3) is 8.18. The van der Waals surface area contributed by atoms with E-state index in [2.05, 4.69) is 104 Å². The van der Waals surface area contributed by atoms with Gasteiger partial charge in [-0.05, 0) is 137 Å². The molecule has 1 aromatic heterocycles. The van der Waals surface area contributed by atoms with Gasteiger partial charge in [0.1, 0.15) is 23.0 Å². The van der Waals surface area contributed by atoms with Crippen molar-refractivity contribution >= 4 is 17.1 Å². The first kappa shape index (κ1) is 35.1. The van der Waals surface area contributed by atoms with Crippen molar-refractivity contribution in [3.63, 3.8) is 0 Å². The molecule has 6 nitrogen and oxygen atoms in total. The number of pyridine rings is 1. The topological polar surface area (TPSA) is 53.1 Å². The average Bonchev–Trinajstić information content (AvgIpc) is 3.13. The van der Waals surface area contributed by atoms with Crippen LogP contribution in [0, 0.1) is 13.8 Å². The second-order valence-electron chi connectivity index (χ2n) is 12.2. The van der Waals surface area contributed by atoms with Crippen LogP contribution in [0.3, 0.4) is 0 Å². The predicted octanol–water partition coefficient (Wildman–Crippen LogP) is 11.8. The SMILES string of the molecule is CCOc1ccc(-c2cc(-c3ccc(N(c4cccc(C)c4)c4cccc(C)c4)cc3)cc(-c3ccc(OCC)cc3OCC)n2)c(OCC)c1. The van der Waals surface area contributed by atoms with Crippen LogP contribution in [0.1, 0.15) is 38.8 Å².